The molecule has 2 saturated carbocycles. The highest BCUT2D eigenvalue weighted by atomic mass is 19.1. The van der Waals surface area contributed by atoms with E-state index in [2.05, 4.69) is 6.92 Å². The number of hydrogen-bond donors (Lipinski definition) is 0. The summed E-state index contributed by atoms with van der Waals surface area (Å²) in [5.74, 6) is 0.808. The summed E-state index contributed by atoms with van der Waals surface area (Å²) in [6.07, 6.45) is 12.0. The number of halogens is 2. The Morgan fingerprint density at radius 3 is 1.94 bits per heavy atom. The molecular formula is C29H33F2NO3. The molecule has 186 valence electrons. The van der Waals surface area contributed by atoms with Crippen molar-refractivity contribution in [1.82, 2.24) is 0 Å². The average molecular weight is 482 g/mol. The first-order valence-electron chi connectivity index (χ1n) is 12.8. The van der Waals surface area contributed by atoms with Crippen LogP contribution in [0.4, 0.5) is 8.78 Å². The van der Waals surface area contributed by atoms with Crippen LogP contribution >= 0.6 is 0 Å². The number of hydrogen-bond acceptors (Lipinski definition) is 4. The molecule has 2 aromatic rings. The van der Waals surface area contributed by atoms with Crippen LogP contribution in [-0.4, -0.2) is 12.6 Å². The summed E-state index contributed by atoms with van der Waals surface area (Å²) in [6.45, 7) is 2.99. The van der Waals surface area contributed by atoms with Crippen molar-refractivity contribution in [2.75, 3.05) is 6.61 Å². The fourth-order valence-electron chi connectivity index (χ4n) is 5.68. The smallest absolute Gasteiger partial charge is 0.343 e. The minimum absolute atomic E-state index is 0.237. The van der Waals surface area contributed by atoms with Crippen LogP contribution in [-0.2, 0) is 0 Å². The lowest BCUT2D eigenvalue weighted by atomic mass is 9.69. The van der Waals surface area contributed by atoms with Crippen molar-refractivity contribution in [3.63, 3.8) is 0 Å². The lowest BCUT2D eigenvalue weighted by molar-refractivity contribution is 0.0734. The predicted octanol–water partition coefficient (Wildman–Crippen LogP) is 7.46. The zero-order valence-corrected chi connectivity index (χ0v) is 20.3. The number of nitriles is 1. The van der Waals surface area contributed by atoms with Gasteiger partial charge in [0, 0.05) is 12.1 Å². The van der Waals surface area contributed by atoms with Gasteiger partial charge in [0.05, 0.1) is 12.2 Å². The maximum absolute atomic E-state index is 13.7. The van der Waals surface area contributed by atoms with Crippen molar-refractivity contribution in [2.24, 2.45) is 23.7 Å². The Balaban J connectivity index is 1.22. The molecule has 0 radical (unpaired) electrons. The Morgan fingerprint density at radius 1 is 0.886 bits per heavy atom. The summed E-state index contributed by atoms with van der Waals surface area (Å²) in [5.41, 5.74) is -0.472. The van der Waals surface area contributed by atoms with Gasteiger partial charge < -0.3 is 9.47 Å². The van der Waals surface area contributed by atoms with E-state index in [1.54, 1.807) is 24.3 Å². The molecule has 0 heterocycles. The van der Waals surface area contributed by atoms with Gasteiger partial charge in [0.15, 0.2) is 0 Å². The van der Waals surface area contributed by atoms with E-state index >= 15 is 0 Å². The first-order chi connectivity index (χ1) is 17.0. The zero-order valence-electron chi connectivity index (χ0n) is 20.3. The van der Waals surface area contributed by atoms with E-state index in [1.807, 2.05) is 0 Å². The van der Waals surface area contributed by atoms with Gasteiger partial charge in [0.25, 0.3) is 0 Å². The highest BCUT2D eigenvalue weighted by Gasteiger charge is 2.30. The normalized spacial score (nSPS) is 24.4. The zero-order chi connectivity index (χ0) is 24.8. The molecular weight excluding hydrogens is 448 g/mol. The molecule has 0 N–H and O–H groups in total. The highest BCUT2D eigenvalue weighted by Crippen LogP contribution is 2.42. The maximum Gasteiger partial charge on any atom is 0.343 e. The summed E-state index contributed by atoms with van der Waals surface area (Å²) in [6, 6.07) is 9.62. The summed E-state index contributed by atoms with van der Waals surface area (Å²) >= 11 is 0. The van der Waals surface area contributed by atoms with Crippen LogP contribution in [0.15, 0.2) is 36.4 Å². The Labute approximate surface area is 206 Å². The Morgan fingerprint density at radius 2 is 1.43 bits per heavy atom. The number of ether oxygens (including phenoxy) is 2. The van der Waals surface area contributed by atoms with Crippen molar-refractivity contribution >= 4 is 5.97 Å². The molecule has 0 bridgehead atoms. The first kappa shape index (κ1) is 25.2. The largest absolute Gasteiger partial charge is 0.493 e. The molecule has 0 spiro atoms. The molecule has 2 aliphatic rings. The standard InChI is InChI=1S/C29H33F2NO3/c1-2-19-3-7-21(8-4-19)22-9-5-20(6-10-22)18-34-24-13-11-23(12-14-24)29(33)35-25-15-27(30)26(17-32)28(31)16-25/h11-16,19-22H,2-10,18H2,1H3. The van der Waals surface area contributed by atoms with E-state index in [4.69, 9.17) is 14.7 Å². The Hall–Kier alpha value is -2.94. The van der Waals surface area contributed by atoms with Crippen LogP contribution < -0.4 is 9.47 Å². The van der Waals surface area contributed by atoms with Gasteiger partial charge in [-0.25, -0.2) is 13.6 Å². The van der Waals surface area contributed by atoms with Crippen LogP contribution in [0.25, 0.3) is 0 Å². The van der Waals surface area contributed by atoms with Gasteiger partial charge in [0.1, 0.15) is 34.8 Å². The second kappa shape index (κ2) is 11.7. The number of carbonyl (C=O) groups excluding carboxylic acids is 1. The van der Waals surface area contributed by atoms with Crippen LogP contribution in [0.2, 0.25) is 0 Å². The molecule has 2 fully saturated rings. The van der Waals surface area contributed by atoms with Crippen molar-refractivity contribution in [1.29, 1.82) is 5.26 Å². The van der Waals surface area contributed by atoms with Gasteiger partial charge in [-0.05, 0) is 86.5 Å². The van der Waals surface area contributed by atoms with E-state index in [1.165, 1.54) is 63.9 Å². The first-order valence-corrected chi connectivity index (χ1v) is 12.8. The third-order valence-corrected chi connectivity index (χ3v) is 7.94. The minimum Gasteiger partial charge on any atom is -0.493 e. The van der Waals surface area contributed by atoms with Crippen LogP contribution in [0.1, 0.15) is 80.6 Å². The molecule has 2 aliphatic carbocycles. The molecule has 6 heteroatoms. The van der Waals surface area contributed by atoms with Crippen molar-refractivity contribution in [3.8, 4) is 17.6 Å². The second-order valence-electron chi connectivity index (χ2n) is 10.1. The van der Waals surface area contributed by atoms with Gasteiger partial charge in [-0.3, -0.25) is 0 Å². The van der Waals surface area contributed by atoms with E-state index in [9.17, 15) is 13.6 Å². The molecule has 0 unspecified atom stereocenters. The lowest BCUT2D eigenvalue weighted by Crippen LogP contribution is -2.27. The Kier molecular flexibility index (Phi) is 8.38. The minimum atomic E-state index is -1.07. The predicted molar refractivity (Wildman–Crippen MR) is 129 cm³/mol. The summed E-state index contributed by atoms with van der Waals surface area (Å²) < 4.78 is 38.5. The van der Waals surface area contributed by atoms with Crippen LogP contribution in [0.5, 0.6) is 11.5 Å². The van der Waals surface area contributed by atoms with Crippen molar-refractivity contribution < 1.29 is 23.0 Å². The van der Waals surface area contributed by atoms with Gasteiger partial charge in [-0.1, -0.05) is 26.2 Å². The van der Waals surface area contributed by atoms with E-state index in [0.717, 1.165) is 29.9 Å². The molecule has 0 saturated heterocycles. The number of rotatable bonds is 7. The molecule has 0 aromatic heterocycles. The summed E-state index contributed by atoms with van der Waals surface area (Å²) in [7, 11) is 0. The molecule has 4 rings (SSSR count). The molecule has 0 amide bonds. The third-order valence-electron chi connectivity index (χ3n) is 7.94. The summed E-state index contributed by atoms with van der Waals surface area (Å²) in [5, 5.41) is 8.73. The average Bonchev–Trinajstić information content (AvgIpc) is 2.88. The maximum atomic E-state index is 13.7. The highest BCUT2D eigenvalue weighted by molar-refractivity contribution is 5.91. The molecule has 0 atom stereocenters. The van der Waals surface area contributed by atoms with Gasteiger partial charge in [-0.2, -0.15) is 5.26 Å². The molecule has 4 nitrogen and oxygen atoms in total. The van der Waals surface area contributed by atoms with Gasteiger partial charge in [0.2, 0.25) is 0 Å². The number of nitrogens with zero attached hydrogens (tertiary/aromatic N) is 1. The van der Waals surface area contributed by atoms with Crippen molar-refractivity contribution in [3.05, 3.63) is 59.2 Å². The molecule has 2 aromatic carbocycles. The topological polar surface area (TPSA) is 59.3 Å². The van der Waals surface area contributed by atoms with Gasteiger partial charge in [-0.15, -0.1) is 0 Å². The second-order valence-corrected chi connectivity index (χ2v) is 10.1. The lowest BCUT2D eigenvalue weighted by Gasteiger charge is -2.37. The quantitative estimate of drug-likeness (QED) is 0.304. The van der Waals surface area contributed by atoms with E-state index < -0.39 is 23.2 Å². The number of carbonyl (C=O) groups is 1. The molecule has 35 heavy (non-hydrogen) atoms. The van der Waals surface area contributed by atoms with Crippen LogP contribution in [0, 0.1) is 46.6 Å². The third kappa shape index (κ3) is 6.39. The van der Waals surface area contributed by atoms with Gasteiger partial charge >= 0.3 is 5.97 Å². The fourth-order valence-corrected chi connectivity index (χ4v) is 5.68. The van der Waals surface area contributed by atoms with E-state index in [0.29, 0.717) is 18.3 Å². The van der Waals surface area contributed by atoms with Crippen LogP contribution in [0.3, 0.4) is 0 Å². The molecule has 0 aliphatic heterocycles. The monoisotopic (exact) mass is 481 g/mol. The van der Waals surface area contributed by atoms with E-state index in [-0.39, 0.29) is 11.3 Å². The number of esters is 1. The SMILES string of the molecule is CCC1CCC(C2CCC(COc3ccc(C(=O)Oc4cc(F)c(C#N)c(F)c4)cc3)CC2)CC1. The number of benzene rings is 2. The summed E-state index contributed by atoms with van der Waals surface area (Å²) in [4.78, 5) is 12.3. The fraction of sp³-hybridized carbons (Fsp3) is 0.517. The Bertz CT molecular complexity index is 1020. The van der Waals surface area contributed by atoms with Crippen molar-refractivity contribution in [2.45, 2.75) is 64.7 Å².